The van der Waals surface area contributed by atoms with Crippen LogP contribution in [0.3, 0.4) is 0 Å². The smallest absolute Gasteiger partial charge is 0.224 e. The monoisotopic (exact) mass is 219 g/mol. The highest BCUT2D eigenvalue weighted by Crippen LogP contribution is 2.14. The first-order valence-corrected chi connectivity index (χ1v) is 5.75. The molecule has 0 spiro atoms. The van der Waals surface area contributed by atoms with Gasteiger partial charge in [-0.25, -0.2) is 0 Å². The van der Waals surface area contributed by atoms with E-state index in [1.807, 2.05) is 12.1 Å². The van der Waals surface area contributed by atoms with E-state index >= 15 is 0 Å². The molecule has 0 radical (unpaired) electrons. The molecule has 1 aromatic heterocycles. The van der Waals surface area contributed by atoms with Crippen LogP contribution in [0.25, 0.3) is 0 Å². The molecule has 0 saturated carbocycles. The molecule has 1 saturated heterocycles. The van der Waals surface area contributed by atoms with Crippen LogP contribution in [-0.2, 0) is 4.79 Å². The first-order chi connectivity index (χ1) is 7.84. The maximum absolute atomic E-state index is 11.6. The van der Waals surface area contributed by atoms with Gasteiger partial charge < -0.3 is 10.6 Å². The van der Waals surface area contributed by atoms with Gasteiger partial charge >= 0.3 is 0 Å². The fraction of sp³-hybridized carbons (Fsp3) is 0.500. The van der Waals surface area contributed by atoms with Crippen molar-refractivity contribution < 1.29 is 4.79 Å². The van der Waals surface area contributed by atoms with Crippen LogP contribution in [0, 0.1) is 5.92 Å². The molecule has 4 heteroatoms. The SMILES string of the molecule is O=C(CCC1CCNC1)Nc1cccnc1. The summed E-state index contributed by atoms with van der Waals surface area (Å²) in [5.41, 5.74) is 0.775. The lowest BCUT2D eigenvalue weighted by Gasteiger charge is -2.08. The van der Waals surface area contributed by atoms with Gasteiger partial charge in [-0.15, -0.1) is 0 Å². The second-order valence-electron chi connectivity index (χ2n) is 4.19. The number of hydrogen-bond acceptors (Lipinski definition) is 3. The molecule has 1 aliphatic rings. The Kier molecular flexibility index (Phi) is 3.88. The third kappa shape index (κ3) is 3.31. The van der Waals surface area contributed by atoms with Gasteiger partial charge in [-0.05, 0) is 44.0 Å². The lowest BCUT2D eigenvalue weighted by molar-refractivity contribution is -0.116. The Labute approximate surface area is 95.5 Å². The fourth-order valence-electron chi connectivity index (χ4n) is 1.96. The van der Waals surface area contributed by atoms with Crippen molar-refractivity contribution in [1.29, 1.82) is 0 Å². The predicted molar refractivity (Wildman–Crippen MR) is 63.1 cm³/mol. The van der Waals surface area contributed by atoms with Gasteiger partial charge in [-0.2, -0.15) is 0 Å². The molecule has 2 N–H and O–H groups in total. The summed E-state index contributed by atoms with van der Waals surface area (Å²) < 4.78 is 0. The van der Waals surface area contributed by atoms with Gasteiger partial charge in [0.1, 0.15) is 0 Å². The summed E-state index contributed by atoms with van der Waals surface area (Å²) in [6.07, 6.45) is 6.12. The van der Waals surface area contributed by atoms with Crippen LogP contribution >= 0.6 is 0 Å². The Morgan fingerprint density at radius 3 is 3.25 bits per heavy atom. The third-order valence-electron chi connectivity index (χ3n) is 2.89. The van der Waals surface area contributed by atoms with Gasteiger partial charge in [0, 0.05) is 12.6 Å². The zero-order valence-corrected chi connectivity index (χ0v) is 9.28. The average molecular weight is 219 g/mol. The van der Waals surface area contributed by atoms with Crippen molar-refractivity contribution in [2.75, 3.05) is 18.4 Å². The quantitative estimate of drug-likeness (QED) is 0.805. The summed E-state index contributed by atoms with van der Waals surface area (Å²) >= 11 is 0. The number of carbonyl (C=O) groups excluding carboxylic acids is 1. The number of nitrogens with one attached hydrogen (secondary N) is 2. The molecule has 2 rings (SSSR count). The molecule has 86 valence electrons. The number of nitrogens with zero attached hydrogens (tertiary/aromatic N) is 1. The Hall–Kier alpha value is -1.42. The minimum absolute atomic E-state index is 0.0832. The van der Waals surface area contributed by atoms with E-state index < -0.39 is 0 Å². The second-order valence-corrected chi connectivity index (χ2v) is 4.19. The van der Waals surface area contributed by atoms with E-state index in [1.54, 1.807) is 12.4 Å². The molecule has 1 fully saturated rings. The molecule has 1 atom stereocenters. The summed E-state index contributed by atoms with van der Waals surface area (Å²) in [5.74, 6) is 0.750. The topological polar surface area (TPSA) is 54.0 Å². The molecule has 0 aromatic carbocycles. The predicted octanol–water partition coefficient (Wildman–Crippen LogP) is 1.41. The van der Waals surface area contributed by atoms with E-state index in [0.29, 0.717) is 12.3 Å². The normalized spacial score (nSPS) is 19.6. The number of rotatable bonds is 4. The molecule has 1 unspecified atom stereocenters. The summed E-state index contributed by atoms with van der Waals surface area (Å²) in [5, 5.41) is 6.15. The molecule has 0 bridgehead atoms. The van der Waals surface area contributed by atoms with Crippen LogP contribution in [0.5, 0.6) is 0 Å². The van der Waals surface area contributed by atoms with Crippen molar-refractivity contribution in [2.24, 2.45) is 5.92 Å². The van der Waals surface area contributed by atoms with Crippen LogP contribution in [0.2, 0.25) is 0 Å². The molecular formula is C12H17N3O. The molecular weight excluding hydrogens is 202 g/mol. The van der Waals surface area contributed by atoms with E-state index in [-0.39, 0.29) is 5.91 Å². The molecule has 1 amide bonds. The minimum Gasteiger partial charge on any atom is -0.325 e. The zero-order chi connectivity index (χ0) is 11.2. The third-order valence-corrected chi connectivity index (χ3v) is 2.89. The van der Waals surface area contributed by atoms with E-state index in [0.717, 1.165) is 25.2 Å². The lowest BCUT2D eigenvalue weighted by Crippen LogP contribution is -2.15. The highest BCUT2D eigenvalue weighted by atomic mass is 16.1. The summed E-state index contributed by atoms with van der Waals surface area (Å²) in [6, 6.07) is 3.67. The fourth-order valence-corrected chi connectivity index (χ4v) is 1.96. The minimum atomic E-state index is 0.0832. The maximum atomic E-state index is 11.6. The number of hydrogen-bond donors (Lipinski definition) is 2. The molecule has 1 aromatic rings. The van der Waals surface area contributed by atoms with Crippen molar-refractivity contribution in [3.05, 3.63) is 24.5 Å². The highest BCUT2D eigenvalue weighted by Gasteiger charge is 2.15. The van der Waals surface area contributed by atoms with Crippen molar-refractivity contribution in [1.82, 2.24) is 10.3 Å². The first-order valence-electron chi connectivity index (χ1n) is 5.75. The van der Waals surface area contributed by atoms with Crippen LogP contribution < -0.4 is 10.6 Å². The van der Waals surface area contributed by atoms with Crippen molar-refractivity contribution in [3.63, 3.8) is 0 Å². The van der Waals surface area contributed by atoms with Gasteiger partial charge in [0.25, 0.3) is 0 Å². The van der Waals surface area contributed by atoms with Gasteiger partial charge in [-0.3, -0.25) is 9.78 Å². The van der Waals surface area contributed by atoms with Crippen molar-refractivity contribution >= 4 is 11.6 Å². The number of amides is 1. The first kappa shape index (κ1) is 11.1. The molecule has 16 heavy (non-hydrogen) atoms. The lowest BCUT2D eigenvalue weighted by atomic mass is 10.0. The maximum Gasteiger partial charge on any atom is 0.224 e. The number of anilines is 1. The number of pyridine rings is 1. The van der Waals surface area contributed by atoms with Crippen LogP contribution in [0.1, 0.15) is 19.3 Å². The van der Waals surface area contributed by atoms with Gasteiger partial charge in [0.05, 0.1) is 11.9 Å². The van der Waals surface area contributed by atoms with E-state index in [2.05, 4.69) is 15.6 Å². The molecule has 2 heterocycles. The molecule has 4 nitrogen and oxygen atoms in total. The number of carbonyl (C=O) groups is 1. The van der Waals surface area contributed by atoms with Crippen molar-refractivity contribution in [3.8, 4) is 0 Å². The van der Waals surface area contributed by atoms with Crippen LogP contribution in [-0.4, -0.2) is 24.0 Å². The van der Waals surface area contributed by atoms with Gasteiger partial charge in [-0.1, -0.05) is 0 Å². The standard InChI is InChI=1S/C12H17N3O/c16-12(4-3-10-5-7-14-8-10)15-11-2-1-6-13-9-11/h1-2,6,9-10,14H,3-5,7-8H2,(H,15,16). The summed E-state index contributed by atoms with van der Waals surface area (Å²) in [6.45, 7) is 2.15. The second kappa shape index (κ2) is 5.61. The number of aromatic nitrogens is 1. The van der Waals surface area contributed by atoms with Gasteiger partial charge in [0.2, 0.25) is 5.91 Å². The average Bonchev–Trinajstić information content (AvgIpc) is 2.81. The summed E-state index contributed by atoms with van der Waals surface area (Å²) in [4.78, 5) is 15.6. The van der Waals surface area contributed by atoms with E-state index in [1.165, 1.54) is 6.42 Å². The van der Waals surface area contributed by atoms with Crippen LogP contribution in [0.4, 0.5) is 5.69 Å². The molecule has 1 aliphatic heterocycles. The Bertz CT molecular complexity index is 333. The van der Waals surface area contributed by atoms with Gasteiger partial charge in [0.15, 0.2) is 0 Å². The largest absolute Gasteiger partial charge is 0.325 e. The Balaban J connectivity index is 1.72. The van der Waals surface area contributed by atoms with Crippen LogP contribution in [0.15, 0.2) is 24.5 Å². The summed E-state index contributed by atoms with van der Waals surface area (Å²) in [7, 11) is 0. The van der Waals surface area contributed by atoms with E-state index in [9.17, 15) is 4.79 Å². The van der Waals surface area contributed by atoms with Crippen molar-refractivity contribution in [2.45, 2.75) is 19.3 Å². The molecule has 0 aliphatic carbocycles. The Morgan fingerprint density at radius 2 is 2.56 bits per heavy atom. The zero-order valence-electron chi connectivity index (χ0n) is 9.28. The highest BCUT2D eigenvalue weighted by molar-refractivity contribution is 5.90. The Morgan fingerprint density at radius 1 is 1.62 bits per heavy atom. The van der Waals surface area contributed by atoms with E-state index in [4.69, 9.17) is 0 Å².